The van der Waals surface area contributed by atoms with Crippen molar-refractivity contribution in [1.82, 2.24) is 4.90 Å². The molecule has 0 aliphatic carbocycles. The van der Waals surface area contributed by atoms with Crippen molar-refractivity contribution >= 4 is 27.5 Å². The molecule has 0 N–H and O–H groups in total. The van der Waals surface area contributed by atoms with Crippen molar-refractivity contribution in [2.75, 3.05) is 27.2 Å². The molecule has 1 aliphatic rings. The molecule has 3 nitrogen and oxygen atoms in total. The highest BCUT2D eigenvalue weighted by Crippen LogP contribution is 2.31. The van der Waals surface area contributed by atoms with Crippen LogP contribution in [0.15, 0.2) is 34.3 Å². The number of carbonyl (C=O) groups is 1. The van der Waals surface area contributed by atoms with Gasteiger partial charge in [0, 0.05) is 23.1 Å². The number of rotatable bonds is 2. The molecule has 0 fully saturated rings. The van der Waals surface area contributed by atoms with Crippen LogP contribution < -0.4 is 0 Å². The fourth-order valence-corrected chi connectivity index (χ4v) is 2.72. The van der Waals surface area contributed by atoms with E-state index in [0.717, 1.165) is 40.7 Å². The lowest BCUT2D eigenvalue weighted by atomic mass is 9.94. The molecule has 0 radical (unpaired) electrons. The zero-order valence-electron chi connectivity index (χ0n) is 10.6. The maximum Gasteiger partial charge on any atom is 0.334 e. The third kappa shape index (κ3) is 2.65. The fraction of sp³-hybridized carbons (Fsp3) is 0.357. The van der Waals surface area contributed by atoms with Gasteiger partial charge in [0.05, 0.1) is 7.11 Å². The third-order valence-electron chi connectivity index (χ3n) is 3.17. The first kappa shape index (κ1) is 13.3. The van der Waals surface area contributed by atoms with Gasteiger partial charge in [-0.3, -0.25) is 0 Å². The molecule has 18 heavy (non-hydrogen) atoms. The van der Waals surface area contributed by atoms with Crippen LogP contribution >= 0.6 is 15.9 Å². The van der Waals surface area contributed by atoms with Crippen LogP contribution in [0.25, 0.3) is 5.57 Å². The smallest absolute Gasteiger partial charge is 0.334 e. The van der Waals surface area contributed by atoms with E-state index < -0.39 is 0 Å². The Hall–Kier alpha value is -1.13. The summed E-state index contributed by atoms with van der Waals surface area (Å²) in [6.45, 7) is 1.66. The van der Waals surface area contributed by atoms with Crippen molar-refractivity contribution < 1.29 is 9.53 Å². The minimum Gasteiger partial charge on any atom is -0.466 e. The van der Waals surface area contributed by atoms with E-state index in [4.69, 9.17) is 4.74 Å². The van der Waals surface area contributed by atoms with Gasteiger partial charge in [0.1, 0.15) is 0 Å². The summed E-state index contributed by atoms with van der Waals surface area (Å²) in [6, 6.07) is 7.97. The van der Waals surface area contributed by atoms with Crippen molar-refractivity contribution in [2.24, 2.45) is 0 Å². The molecule has 4 heteroatoms. The molecule has 1 aliphatic heterocycles. The second kappa shape index (κ2) is 5.67. The SMILES string of the molecule is COC(=O)C1=C(c2ccccc2Br)CN(C)CC1. The zero-order valence-corrected chi connectivity index (χ0v) is 12.2. The Balaban J connectivity index is 2.51. The van der Waals surface area contributed by atoms with E-state index >= 15 is 0 Å². The molecule has 1 aromatic rings. The number of carbonyl (C=O) groups excluding carboxylic acids is 1. The molecule has 0 bridgehead atoms. The van der Waals surface area contributed by atoms with Gasteiger partial charge in [-0.05, 0) is 30.7 Å². The molecule has 0 saturated carbocycles. The fourth-order valence-electron chi connectivity index (χ4n) is 2.20. The van der Waals surface area contributed by atoms with Crippen LogP contribution in [0.1, 0.15) is 12.0 Å². The van der Waals surface area contributed by atoms with E-state index in [2.05, 4.69) is 27.9 Å². The molecule has 1 heterocycles. The minimum absolute atomic E-state index is 0.214. The quantitative estimate of drug-likeness (QED) is 0.787. The number of benzene rings is 1. The van der Waals surface area contributed by atoms with Gasteiger partial charge in [-0.2, -0.15) is 0 Å². The van der Waals surface area contributed by atoms with Gasteiger partial charge in [0.2, 0.25) is 0 Å². The molecule has 0 spiro atoms. The summed E-state index contributed by atoms with van der Waals surface area (Å²) >= 11 is 3.55. The maximum absolute atomic E-state index is 11.9. The molecule has 1 aromatic carbocycles. The predicted octanol–water partition coefficient (Wildman–Crippen LogP) is 2.71. The molecular weight excluding hydrogens is 294 g/mol. The van der Waals surface area contributed by atoms with Gasteiger partial charge in [0.25, 0.3) is 0 Å². The van der Waals surface area contributed by atoms with Gasteiger partial charge < -0.3 is 9.64 Å². The molecular formula is C14H16BrNO2. The van der Waals surface area contributed by atoms with Crippen LogP contribution in [0.3, 0.4) is 0 Å². The number of hydrogen-bond donors (Lipinski definition) is 0. The first-order chi connectivity index (χ1) is 8.63. The first-order valence-corrected chi connectivity index (χ1v) is 6.66. The summed E-state index contributed by atoms with van der Waals surface area (Å²) in [5, 5.41) is 0. The van der Waals surface area contributed by atoms with Crippen molar-refractivity contribution in [3.63, 3.8) is 0 Å². The predicted molar refractivity (Wildman–Crippen MR) is 75.2 cm³/mol. The van der Waals surface area contributed by atoms with E-state index in [1.165, 1.54) is 7.11 Å². The van der Waals surface area contributed by atoms with Crippen LogP contribution in [-0.2, 0) is 9.53 Å². The van der Waals surface area contributed by atoms with Gasteiger partial charge in [0.15, 0.2) is 0 Å². The number of hydrogen-bond acceptors (Lipinski definition) is 3. The number of ether oxygens (including phenoxy) is 1. The van der Waals surface area contributed by atoms with Crippen molar-refractivity contribution in [1.29, 1.82) is 0 Å². The van der Waals surface area contributed by atoms with E-state index in [1.807, 2.05) is 24.3 Å². The van der Waals surface area contributed by atoms with E-state index in [0.29, 0.717) is 0 Å². The summed E-state index contributed by atoms with van der Waals surface area (Å²) in [7, 11) is 3.50. The third-order valence-corrected chi connectivity index (χ3v) is 3.86. The summed E-state index contributed by atoms with van der Waals surface area (Å²) in [4.78, 5) is 14.1. The van der Waals surface area contributed by atoms with Crippen LogP contribution in [0, 0.1) is 0 Å². The Bertz CT molecular complexity index is 496. The van der Waals surface area contributed by atoms with Crippen LogP contribution in [0.2, 0.25) is 0 Å². The highest BCUT2D eigenvalue weighted by molar-refractivity contribution is 9.10. The molecule has 0 saturated heterocycles. The molecule has 0 atom stereocenters. The van der Waals surface area contributed by atoms with Crippen molar-refractivity contribution in [3.8, 4) is 0 Å². The monoisotopic (exact) mass is 309 g/mol. The second-order valence-electron chi connectivity index (χ2n) is 4.42. The Morgan fingerprint density at radius 3 is 2.78 bits per heavy atom. The zero-order chi connectivity index (χ0) is 13.1. The lowest BCUT2D eigenvalue weighted by molar-refractivity contribution is -0.136. The van der Waals surface area contributed by atoms with Crippen LogP contribution in [0.5, 0.6) is 0 Å². The second-order valence-corrected chi connectivity index (χ2v) is 5.27. The van der Waals surface area contributed by atoms with Gasteiger partial charge >= 0.3 is 5.97 Å². The minimum atomic E-state index is -0.214. The normalized spacial score (nSPS) is 16.8. The van der Waals surface area contributed by atoms with Gasteiger partial charge in [-0.15, -0.1) is 0 Å². The molecule has 0 aromatic heterocycles. The molecule has 0 amide bonds. The lowest BCUT2D eigenvalue weighted by Gasteiger charge is -2.27. The lowest BCUT2D eigenvalue weighted by Crippen LogP contribution is -2.30. The Morgan fingerprint density at radius 2 is 2.11 bits per heavy atom. The summed E-state index contributed by atoms with van der Waals surface area (Å²) < 4.78 is 5.90. The molecule has 2 rings (SSSR count). The Morgan fingerprint density at radius 1 is 1.39 bits per heavy atom. The number of methoxy groups -OCH3 is 1. The standard InChI is InChI=1S/C14H16BrNO2/c1-16-8-7-11(14(17)18-2)12(9-16)10-5-3-4-6-13(10)15/h3-6H,7-9H2,1-2H3. The largest absolute Gasteiger partial charge is 0.466 e. The number of esters is 1. The van der Waals surface area contributed by atoms with Crippen LogP contribution in [-0.4, -0.2) is 38.1 Å². The van der Waals surface area contributed by atoms with Gasteiger partial charge in [-0.1, -0.05) is 34.1 Å². The van der Waals surface area contributed by atoms with Crippen molar-refractivity contribution in [3.05, 3.63) is 39.9 Å². The Kier molecular flexibility index (Phi) is 4.19. The van der Waals surface area contributed by atoms with E-state index in [1.54, 1.807) is 0 Å². The summed E-state index contributed by atoms with van der Waals surface area (Å²) in [5.41, 5.74) is 2.93. The topological polar surface area (TPSA) is 29.5 Å². The molecule has 96 valence electrons. The Labute approximate surface area is 116 Å². The number of nitrogens with zero attached hydrogens (tertiary/aromatic N) is 1. The maximum atomic E-state index is 11.9. The number of likely N-dealkylation sites (N-methyl/N-ethyl adjacent to an activating group) is 1. The molecule has 0 unspecified atom stereocenters. The summed E-state index contributed by atoms with van der Waals surface area (Å²) in [6.07, 6.45) is 0.736. The average molecular weight is 310 g/mol. The average Bonchev–Trinajstić information content (AvgIpc) is 2.38. The van der Waals surface area contributed by atoms with Gasteiger partial charge in [-0.25, -0.2) is 4.79 Å². The van der Waals surface area contributed by atoms with Crippen LogP contribution in [0.4, 0.5) is 0 Å². The van der Waals surface area contributed by atoms with E-state index in [-0.39, 0.29) is 5.97 Å². The number of halogens is 1. The first-order valence-electron chi connectivity index (χ1n) is 5.87. The van der Waals surface area contributed by atoms with Crippen molar-refractivity contribution in [2.45, 2.75) is 6.42 Å². The highest BCUT2D eigenvalue weighted by atomic mass is 79.9. The van der Waals surface area contributed by atoms with E-state index in [9.17, 15) is 4.79 Å². The highest BCUT2D eigenvalue weighted by Gasteiger charge is 2.24. The summed E-state index contributed by atoms with van der Waals surface area (Å²) in [5.74, 6) is -0.214.